The smallest absolute Gasteiger partial charge is 0.180 e. The van der Waals surface area contributed by atoms with E-state index >= 15 is 0 Å². The van der Waals surface area contributed by atoms with E-state index in [9.17, 15) is 9.59 Å². The lowest BCUT2D eigenvalue weighted by Gasteiger charge is -1.96. The van der Waals surface area contributed by atoms with Crippen LogP contribution in [0.15, 0.2) is 12.2 Å². The first-order valence-electron chi connectivity index (χ1n) is 2.94. The maximum atomic E-state index is 10.7. The molecule has 0 aliphatic carbocycles. The molecule has 0 heterocycles. The molecule has 0 saturated carbocycles. The molecule has 0 aromatic carbocycles. The molecule has 0 rings (SSSR count). The molecule has 0 saturated heterocycles. The van der Waals surface area contributed by atoms with Crippen molar-refractivity contribution in [3.05, 3.63) is 12.2 Å². The molecular weight excluding hydrogens is 152 g/mol. The van der Waals surface area contributed by atoms with E-state index in [1.165, 1.54) is 0 Å². The summed E-state index contributed by atoms with van der Waals surface area (Å²) in [6.07, 6.45) is 0.307. The molecular formula is C7H9ClO2. The van der Waals surface area contributed by atoms with E-state index in [0.29, 0.717) is 6.42 Å². The first-order valence-corrected chi connectivity index (χ1v) is 3.48. The fourth-order valence-corrected chi connectivity index (χ4v) is 0.611. The van der Waals surface area contributed by atoms with E-state index < -0.39 is 0 Å². The van der Waals surface area contributed by atoms with Crippen LogP contribution in [-0.2, 0) is 9.59 Å². The van der Waals surface area contributed by atoms with Gasteiger partial charge in [-0.15, -0.1) is 11.6 Å². The molecule has 2 nitrogen and oxygen atoms in total. The summed E-state index contributed by atoms with van der Waals surface area (Å²) < 4.78 is 0. The van der Waals surface area contributed by atoms with Gasteiger partial charge in [0.15, 0.2) is 11.6 Å². The Morgan fingerprint density at radius 1 is 1.40 bits per heavy atom. The Balaban J connectivity index is 4.09. The second-order valence-corrected chi connectivity index (χ2v) is 2.08. The molecule has 0 unspecified atom stereocenters. The first-order chi connectivity index (χ1) is 4.63. The van der Waals surface area contributed by atoms with Gasteiger partial charge in [-0.25, -0.2) is 0 Å². The molecule has 0 atom stereocenters. The SMILES string of the molecule is C=C(C(=O)CC)C(=O)CCl. The highest BCUT2D eigenvalue weighted by atomic mass is 35.5. The zero-order valence-electron chi connectivity index (χ0n) is 5.82. The Morgan fingerprint density at radius 3 is 2.20 bits per heavy atom. The van der Waals surface area contributed by atoms with Gasteiger partial charge in [-0.3, -0.25) is 9.59 Å². The zero-order chi connectivity index (χ0) is 8.15. The van der Waals surface area contributed by atoms with Crippen LogP contribution < -0.4 is 0 Å². The van der Waals surface area contributed by atoms with E-state index in [-0.39, 0.29) is 23.0 Å². The lowest BCUT2D eigenvalue weighted by Crippen LogP contribution is -2.11. The van der Waals surface area contributed by atoms with Crippen LogP contribution in [0.25, 0.3) is 0 Å². The van der Waals surface area contributed by atoms with Gasteiger partial charge in [0.1, 0.15) is 0 Å². The number of carbonyl (C=O) groups is 2. The molecule has 10 heavy (non-hydrogen) atoms. The minimum Gasteiger partial charge on any atom is -0.294 e. The van der Waals surface area contributed by atoms with Crippen molar-refractivity contribution in [2.24, 2.45) is 0 Å². The number of ketones is 2. The Kier molecular flexibility index (Phi) is 3.96. The molecule has 0 aliphatic heterocycles. The average Bonchev–Trinajstić information content (AvgIpc) is 2.00. The van der Waals surface area contributed by atoms with Gasteiger partial charge in [-0.05, 0) is 0 Å². The summed E-state index contributed by atoms with van der Waals surface area (Å²) in [5, 5.41) is 0. The van der Waals surface area contributed by atoms with Crippen molar-refractivity contribution in [2.45, 2.75) is 13.3 Å². The van der Waals surface area contributed by atoms with Crippen molar-refractivity contribution in [3.63, 3.8) is 0 Å². The Bertz CT molecular complexity index is 154. The second kappa shape index (κ2) is 4.23. The van der Waals surface area contributed by atoms with E-state index in [1.807, 2.05) is 0 Å². The molecule has 0 aromatic heterocycles. The fraction of sp³-hybridized carbons (Fsp3) is 0.429. The predicted octanol–water partition coefficient (Wildman–Crippen LogP) is 1.33. The number of alkyl halides is 1. The van der Waals surface area contributed by atoms with Gasteiger partial charge < -0.3 is 0 Å². The van der Waals surface area contributed by atoms with Gasteiger partial charge in [-0.2, -0.15) is 0 Å². The van der Waals surface area contributed by atoms with Crippen LogP contribution in [0.3, 0.4) is 0 Å². The normalized spacial score (nSPS) is 9.00. The van der Waals surface area contributed by atoms with Crippen LogP contribution in [0.4, 0.5) is 0 Å². The number of carbonyl (C=O) groups excluding carboxylic acids is 2. The van der Waals surface area contributed by atoms with E-state index in [2.05, 4.69) is 6.58 Å². The third-order valence-corrected chi connectivity index (χ3v) is 1.36. The van der Waals surface area contributed by atoms with Crippen LogP contribution in [0.2, 0.25) is 0 Å². The van der Waals surface area contributed by atoms with Gasteiger partial charge in [0, 0.05) is 6.42 Å². The van der Waals surface area contributed by atoms with Crippen molar-refractivity contribution < 1.29 is 9.59 Å². The third-order valence-electron chi connectivity index (χ3n) is 1.12. The van der Waals surface area contributed by atoms with Crippen LogP contribution in [-0.4, -0.2) is 17.4 Å². The molecule has 0 bridgehead atoms. The van der Waals surface area contributed by atoms with Gasteiger partial charge in [0.2, 0.25) is 0 Å². The van der Waals surface area contributed by atoms with Crippen molar-refractivity contribution in [1.82, 2.24) is 0 Å². The Morgan fingerprint density at radius 2 is 1.90 bits per heavy atom. The topological polar surface area (TPSA) is 34.1 Å². The third kappa shape index (κ3) is 2.31. The summed E-state index contributed by atoms with van der Waals surface area (Å²) in [5.74, 6) is -0.774. The van der Waals surface area contributed by atoms with Crippen LogP contribution in [0, 0.1) is 0 Å². The highest BCUT2D eigenvalue weighted by molar-refractivity contribution is 6.35. The second-order valence-electron chi connectivity index (χ2n) is 1.81. The van der Waals surface area contributed by atoms with Crippen molar-refractivity contribution in [3.8, 4) is 0 Å². The highest BCUT2D eigenvalue weighted by Gasteiger charge is 2.11. The van der Waals surface area contributed by atoms with Gasteiger partial charge in [0.05, 0.1) is 11.5 Å². The summed E-state index contributed by atoms with van der Waals surface area (Å²) >= 11 is 5.19. The molecule has 0 spiro atoms. The standard InChI is InChI=1S/C7H9ClO2/c1-3-6(9)5(2)7(10)4-8/h2-4H2,1H3. The predicted molar refractivity (Wildman–Crippen MR) is 40.2 cm³/mol. The quantitative estimate of drug-likeness (QED) is 0.269. The molecule has 0 N–H and O–H groups in total. The first kappa shape index (κ1) is 9.37. The molecule has 0 fully saturated rings. The van der Waals surface area contributed by atoms with E-state index in [1.54, 1.807) is 6.92 Å². The van der Waals surface area contributed by atoms with E-state index in [0.717, 1.165) is 0 Å². The molecule has 3 heteroatoms. The number of hydrogen-bond acceptors (Lipinski definition) is 2. The maximum absolute atomic E-state index is 10.7. The van der Waals surface area contributed by atoms with E-state index in [4.69, 9.17) is 11.6 Å². The lowest BCUT2D eigenvalue weighted by atomic mass is 10.1. The van der Waals surface area contributed by atoms with Crippen molar-refractivity contribution >= 4 is 23.2 Å². The minimum absolute atomic E-state index is 0.0116. The minimum atomic E-state index is -0.381. The van der Waals surface area contributed by atoms with Crippen LogP contribution >= 0.6 is 11.6 Å². The lowest BCUT2D eigenvalue weighted by molar-refractivity contribution is -0.120. The van der Waals surface area contributed by atoms with Gasteiger partial charge in [0.25, 0.3) is 0 Å². The zero-order valence-corrected chi connectivity index (χ0v) is 6.57. The van der Waals surface area contributed by atoms with Gasteiger partial charge >= 0.3 is 0 Å². The Labute approximate surface area is 64.9 Å². The average molecular weight is 161 g/mol. The largest absolute Gasteiger partial charge is 0.294 e. The van der Waals surface area contributed by atoms with Crippen LogP contribution in [0.1, 0.15) is 13.3 Å². The number of Topliss-reactive ketones (excluding diaryl/α,β-unsaturated/α-hetero) is 2. The molecule has 0 aliphatic rings. The molecule has 0 aromatic rings. The Hall–Kier alpha value is -0.630. The maximum Gasteiger partial charge on any atom is 0.180 e. The monoisotopic (exact) mass is 160 g/mol. The summed E-state index contributed by atoms with van der Waals surface area (Å²) in [6.45, 7) is 4.99. The summed E-state index contributed by atoms with van der Waals surface area (Å²) in [6, 6.07) is 0. The molecule has 0 amide bonds. The van der Waals surface area contributed by atoms with Crippen molar-refractivity contribution in [2.75, 3.05) is 5.88 Å². The molecule has 56 valence electrons. The highest BCUT2D eigenvalue weighted by Crippen LogP contribution is 1.99. The number of rotatable bonds is 4. The van der Waals surface area contributed by atoms with Crippen LogP contribution in [0.5, 0.6) is 0 Å². The fourth-order valence-electron chi connectivity index (χ4n) is 0.450. The summed E-state index contributed by atoms with van der Waals surface area (Å²) in [4.78, 5) is 21.4. The van der Waals surface area contributed by atoms with Crippen molar-refractivity contribution in [1.29, 1.82) is 0 Å². The number of hydrogen-bond donors (Lipinski definition) is 0. The number of allylic oxidation sites excluding steroid dienone is 1. The number of halogens is 1. The molecule has 0 radical (unpaired) electrons. The van der Waals surface area contributed by atoms with Gasteiger partial charge in [-0.1, -0.05) is 13.5 Å². The summed E-state index contributed by atoms with van der Waals surface area (Å²) in [5.41, 5.74) is 0.0116. The summed E-state index contributed by atoms with van der Waals surface area (Å²) in [7, 11) is 0.